The van der Waals surface area contributed by atoms with Crippen molar-refractivity contribution in [2.75, 3.05) is 0 Å². The minimum absolute atomic E-state index is 0.160. The molecule has 0 spiro atoms. The van der Waals surface area contributed by atoms with Crippen LogP contribution in [0.15, 0.2) is 35.7 Å². The van der Waals surface area contributed by atoms with Crippen molar-refractivity contribution in [2.24, 2.45) is 0 Å². The summed E-state index contributed by atoms with van der Waals surface area (Å²) in [6.07, 6.45) is 7.47. The molecule has 76 valence electrons. The molecule has 0 aromatic heterocycles. The van der Waals surface area contributed by atoms with Gasteiger partial charge in [-0.1, -0.05) is 45.4 Å². The lowest BCUT2D eigenvalue weighted by Crippen LogP contribution is -1.66. The molecule has 0 aromatic rings. The predicted octanol–water partition coefficient (Wildman–Crippen LogP) is 4.80. The normalized spacial score (nSPS) is 13.7. The van der Waals surface area contributed by atoms with Crippen molar-refractivity contribution in [1.29, 1.82) is 0 Å². The Morgan fingerprint density at radius 2 is 1.62 bits per heavy atom. The maximum atomic E-state index is 12.3. The topological polar surface area (TPSA) is 0 Å². The smallest absolute Gasteiger partial charge is 0.122 e. The van der Waals surface area contributed by atoms with Crippen LogP contribution < -0.4 is 0 Å². The summed E-state index contributed by atoms with van der Waals surface area (Å²) in [6, 6.07) is 0. The Balaban J connectivity index is 0. The number of hydrogen-bond donors (Lipinski definition) is 0. The van der Waals surface area contributed by atoms with Gasteiger partial charge in [-0.3, -0.25) is 0 Å². The lowest BCUT2D eigenvalue weighted by atomic mass is 10.2. The van der Waals surface area contributed by atoms with Gasteiger partial charge in [0.05, 0.1) is 0 Å². The van der Waals surface area contributed by atoms with Crippen molar-refractivity contribution >= 4 is 0 Å². The van der Waals surface area contributed by atoms with Crippen molar-refractivity contribution in [3.05, 3.63) is 35.7 Å². The molecule has 0 atom stereocenters. The van der Waals surface area contributed by atoms with Gasteiger partial charge < -0.3 is 0 Å². The Morgan fingerprint density at radius 1 is 1.08 bits per heavy atom. The zero-order chi connectivity index (χ0) is 10.7. The number of hydrogen-bond acceptors (Lipinski definition) is 0. The second-order valence-corrected chi connectivity index (χ2v) is 2.17. The number of rotatable bonds is 0. The highest BCUT2D eigenvalue weighted by Crippen LogP contribution is 2.10. The molecule has 0 radical (unpaired) electrons. The SMILES string of the molecule is CC.CC.CC1=CC=C(F)C=CC1. The standard InChI is InChI=1S/C8H9F.2C2H6/c1-7-3-2-4-8(9)6-5-7;2*1-2/h2,4-6H,3H2,1H3;2*1-2H3. The average molecular weight is 184 g/mol. The van der Waals surface area contributed by atoms with Crippen LogP contribution in [-0.4, -0.2) is 0 Å². The molecule has 1 rings (SSSR count). The van der Waals surface area contributed by atoms with E-state index < -0.39 is 0 Å². The third kappa shape index (κ3) is 9.06. The van der Waals surface area contributed by atoms with Crippen LogP contribution in [0.5, 0.6) is 0 Å². The molecule has 0 N–H and O–H groups in total. The van der Waals surface area contributed by atoms with E-state index in [0.717, 1.165) is 6.42 Å². The maximum Gasteiger partial charge on any atom is 0.122 e. The highest BCUT2D eigenvalue weighted by molar-refractivity contribution is 5.25. The molecule has 0 unspecified atom stereocenters. The molecule has 13 heavy (non-hydrogen) atoms. The van der Waals surface area contributed by atoms with E-state index in [0.29, 0.717) is 0 Å². The van der Waals surface area contributed by atoms with E-state index in [1.54, 1.807) is 6.08 Å². The Morgan fingerprint density at radius 3 is 2.15 bits per heavy atom. The van der Waals surface area contributed by atoms with Crippen LogP contribution in [0, 0.1) is 0 Å². The summed E-state index contributed by atoms with van der Waals surface area (Å²) in [4.78, 5) is 0. The third-order valence-corrected chi connectivity index (χ3v) is 1.24. The van der Waals surface area contributed by atoms with Gasteiger partial charge in [0.25, 0.3) is 0 Å². The fourth-order valence-electron chi connectivity index (χ4n) is 0.703. The number of halogens is 1. The van der Waals surface area contributed by atoms with Gasteiger partial charge in [-0.25, -0.2) is 4.39 Å². The molecule has 1 aliphatic rings. The van der Waals surface area contributed by atoms with E-state index in [2.05, 4.69) is 0 Å². The minimum atomic E-state index is -0.160. The Hall–Kier alpha value is -0.850. The molecule has 0 nitrogen and oxygen atoms in total. The molecule has 0 heterocycles. The van der Waals surface area contributed by atoms with Crippen molar-refractivity contribution in [3.63, 3.8) is 0 Å². The highest BCUT2D eigenvalue weighted by Gasteiger charge is 1.91. The van der Waals surface area contributed by atoms with Gasteiger partial charge >= 0.3 is 0 Å². The molecule has 0 aromatic carbocycles. The summed E-state index contributed by atoms with van der Waals surface area (Å²) in [5, 5.41) is 0. The van der Waals surface area contributed by atoms with Crippen LogP contribution in [0.4, 0.5) is 4.39 Å². The zero-order valence-electron chi connectivity index (χ0n) is 9.39. The van der Waals surface area contributed by atoms with Crippen LogP contribution in [0.2, 0.25) is 0 Å². The second-order valence-electron chi connectivity index (χ2n) is 2.17. The molecule has 0 saturated heterocycles. The molecule has 0 saturated carbocycles. The van der Waals surface area contributed by atoms with Gasteiger partial charge in [0.1, 0.15) is 5.83 Å². The molecule has 0 aliphatic heterocycles. The summed E-state index contributed by atoms with van der Waals surface area (Å²) in [5.41, 5.74) is 1.19. The van der Waals surface area contributed by atoms with Crippen LogP contribution >= 0.6 is 0 Å². The van der Waals surface area contributed by atoms with E-state index in [9.17, 15) is 4.39 Å². The fourth-order valence-corrected chi connectivity index (χ4v) is 0.703. The molecule has 0 fully saturated rings. The lowest BCUT2D eigenvalue weighted by molar-refractivity contribution is 0.667. The van der Waals surface area contributed by atoms with E-state index in [1.807, 2.05) is 40.7 Å². The second kappa shape index (κ2) is 11.2. The monoisotopic (exact) mass is 184 g/mol. The van der Waals surface area contributed by atoms with E-state index in [4.69, 9.17) is 0 Å². The molecular formula is C12H21F. The largest absolute Gasteiger partial charge is 0.207 e. The van der Waals surface area contributed by atoms with Gasteiger partial charge in [-0.2, -0.15) is 0 Å². The van der Waals surface area contributed by atoms with Crippen LogP contribution in [0.1, 0.15) is 41.0 Å². The lowest BCUT2D eigenvalue weighted by Gasteiger charge is -1.86. The van der Waals surface area contributed by atoms with E-state index >= 15 is 0 Å². The first-order valence-corrected chi connectivity index (χ1v) is 4.98. The molecule has 0 bridgehead atoms. The third-order valence-electron chi connectivity index (χ3n) is 1.24. The quantitative estimate of drug-likeness (QED) is 0.507. The van der Waals surface area contributed by atoms with E-state index in [-0.39, 0.29) is 5.83 Å². The Labute approximate surface area is 81.9 Å². The van der Waals surface area contributed by atoms with Gasteiger partial charge in [0.15, 0.2) is 0 Å². The summed E-state index contributed by atoms with van der Waals surface area (Å²) in [7, 11) is 0. The van der Waals surface area contributed by atoms with Crippen LogP contribution in [0.25, 0.3) is 0 Å². The average Bonchev–Trinajstić information content (AvgIpc) is 2.38. The predicted molar refractivity (Wildman–Crippen MR) is 59.4 cm³/mol. The number of allylic oxidation sites excluding steroid dienone is 6. The van der Waals surface area contributed by atoms with Gasteiger partial charge in [0.2, 0.25) is 0 Å². The minimum Gasteiger partial charge on any atom is -0.207 e. The van der Waals surface area contributed by atoms with Crippen molar-refractivity contribution in [2.45, 2.75) is 41.0 Å². The highest BCUT2D eigenvalue weighted by atomic mass is 19.1. The summed E-state index contributed by atoms with van der Waals surface area (Å²) in [6.45, 7) is 9.99. The van der Waals surface area contributed by atoms with Crippen molar-refractivity contribution in [3.8, 4) is 0 Å². The van der Waals surface area contributed by atoms with Gasteiger partial charge in [0, 0.05) is 0 Å². The van der Waals surface area contributed by atoms with Gasteiger partial charge in [-0.05, 0) is 25.5 Å². The summed E-state index contributed by atoms with van der Waals surface area (Å²) < 4.78 is 12.3. The summed E-state index contributed by atoms with van der Waals surface area (Å²) in [5.74, 6) is -0.160. The van der Waals surface area contributed by atoms with E-state index in [1.165, 1.54) is 17.7 Å². The molecular weight excluding hydrogens is 163 g/mol. The summed E-state index contributed by atoms with van der Waals surface area (Å²) >= 11 is 0. The molecule has 1 aliphatic carbocycles. The molecule has 1 heteroatoms. The first-order valence-electron chi connectivity index (χ1n) is 4.98. The van der Waals surface area contributed by atoms with Crippen LogP contribution in [0.3, 0.4) is 0 Å². The van der Waals surface area contributed by atoms with Crippen molar-refractivity contribution < 1.29 is 4.39 Å². The first kappa shape index (κ1) is 14.7. The Kier molecular flexibility index (Phi) is 12.6. The molecule has 0 amide bonds. The first-order chi connectivity index (χ1) is 6.29. The zero-order valence-corrected chi connectivity index (χ0v) is 9.39. The maximum absolute atomic E-state index is 12.3. The van der Waals surface area contributed by atoms with Gasteiger partial charge in [-0.15, -0.1) is 0 Å². The van der Waals surface area contributed by atoms with Crippen LogP contribution in [-0.2, 0) is 0 Å². The van der Waals surface area contributed by atoms with Crippen molar-refractivity contribution in [1.82, 2.24) is 0 Å². The Bertz CT molecular complexity index is 185. The fraction of sp³-hybridized carbons (Fsp3) is 0.500.